The maximum Gasteiger partial charge on any atom is 0.256 e. The van der Waals surface area contributed by atoms with E-state index >= 15 is 0 Å². The highest BCUT2D eigenvalue weighted by molar-refractivity contribution is 5.97. The molecule has 8 heteroatoms. The maximum atomic E-state index is 15.0. The number of nitrogens with zero attached hydrogens (tertiary/aromatic N) is 4. The van der Waals surface area contributed by atoms with Crippen LogP contribution in [0.1, 0.15) is 30.1 Å². The van der Waals surface area contributed by atoms with Crippen LogP contribution in [0, 0.1) is 11.6 Å². The summed E-state index contributed by atoms with van der Waals surface area (Å²) in [7, 11) is 0. The van der Waals surface area contributed by atoms with Crippen molar-refractivity contribution in [1.29, 1.82) is 0 Å². The second kappa shape index (κ2) is 7.00. The lowest BCUT2D eigenvalue weighted by atomic mass is 10.0. The molecule has 1 aromatic carbocycles. The van der Waals surface area contributed by atoms with Gasteiger partial charge in [0, 0.05) is 23.5 Å². The van der Waals surface area contributed by atoms with Crippen molar-refractivity contribution in [2.24, 2.45) is 0 Å². The Labute approximate surface area is 172 Å². The van der Waals surface area contributed by atoms with Crippen molar-refractivity contribution in [3.8, 4) is 11.1 Å². The predicted octanol–water partition coefficient (Wildman–Crippen LogP) is 3.32. The van der Waals surface area contributed by atoms with Gasteiger partial charge in [-0.2, -0.15) is 5.10 Å². The highest BCUT2D eigenvalue weighted by Gasteiger charge is 2.29. The van der Waals surface area contributed by atoms with Crippen LogP contribution in [0.4, 0.5) is 8.78 Å². The van der Waals surface area contributed by atoms with Crippen molar-refractivity contribution in [3.63, 3.8) is 0 Å². The number of carbonyl (C=O) groups excluding carboxylic acids is 1. The average Bonchev–Trinajstić information content (AvgIpc) is 3.32. The third-order valence-electron chi connectivity index (χ3n) is 5.17. The first-order valence-corrected chi connectivity index (χ1v) is 9.15. The molecule has 6 nitrogen and oxygen atoms in total. The molecule has 4 heterocycles. The normalized spacial score (nSPS) is 14.8. The summed E-state index contributed by atoms with van der Waals surface area (Å²) in [6.07, 6.45) is 3.11. The number of hydrogen-bond donors (Lipinski definition) is 1. The summed E-state index contributed by atoms with van der Waals surface area (Å²) >= 11 is 0. The molecule has 0 fully saturated rings. The molecule has 0 atom stereocenters. The molecule has 0 bridgehead atoms. The first-order chi connectivity index (χ1) is 15.2. The quantitative estimate of drug-likeness (QED) is 0.562. The van der Waals surface area contributed by atoms with Gasteiger partial charge in [-0.3, -0.25) is 9.78 Å². The molecule has 5 rings (SSSR count). The summed E-state index contributed by atoms with van der Waals surface area (Å²) in [6.45, 7) is -2.71. The monoisotopic (exact) mass is 408 g/mol. The lowest BCUT2D eigenvalue weighted by Gasteiger charge is -2.17. The average molecular weight is 408 g/mol. The van der Waals surface area contributed by atoms with Gasteiger partial charge < -0.3 is 10.0 Å². The van der Waals surface area contributed by atoms with Crippen molar-refractivity contribution in [2.75, 3.05) is 0 Å². The zero-order valence-electron chi connectivity index (χ0n) is 17.5. The zero-order valence-corrected chi connectivity index (χ0v) is 15.5. The Bertz CT molecular complexity index is 1360. The maximum absolute atomic E-state index is 15.0. The smallest absolute Gasteiger partial charge is 0.256 e. The van der Waals surface area contributed by atoms with E-state index in [4.69, 9.17) is 2.74 Å². The summed E-state index contributed by atoms with van der Waals surface area (Å²) in [5.74, 6) is -1.95. The van der Waals surface area contributed by atoms with Crippen LogP contribution in [-0.2, 0) is 19.6 Å². The molecule has 1 amide bonds. The van der Waals surface area contributed by atoms with Crippen molar-refractivity contribution in [3.05, 3.63) is 89.0 Å². The minimum Gasteiger partial charge on any atom is -0.390 e. The van der Waals surface area contributed by atoms with Gasteiger partial charge in [-0.25, -0.2) is 13.3 Å². The Kier molecular flexibility index (Phi) is 3.77. The van der Waals surface area contributed by atoms with Crippen molar-refractivity contribution >= 4 is 11.4 Å². The van der Waals surface area contributed by atoms with Crippen molar-refractivity contribution in [2.45, 2.75) is 19.6 Å². The minimum absolute atomic E-state index is 0.177. The van der Waals surface area contributed by atoms with Gasteiger partial charge in [0.15, 0.2) is 0 Å². The molecule has 0 aliphatic carbocycles. The molecular formula is C22H16F2N4O2. The molecule has 3 aromatic heterocycles. The van der Waals surface area contributed by atoms with Crippen LogP contribution < -0.4 is 0 Å². The Balaban J connectivity index is 1.50. The number of halogens is 2. The van der Waals surface area contributed by atoms with Crippen LogP contribution >= 0.6 is 0 Å². The highest BCUT2D eigenvalue weighted by Crippen LogP contribution is 2.30. The predicted molar refractivity (Wildman–Crippen MR) is 104 cm³/mol. The Morgan fingerprint density at radius 3 is 2.63 bits per heavy atom. The molecule has 1 aliphatic rings. The summed E-state index contributed by atoms with van der Waals surface area (Å²) in [5.41, 5.74) is 1.55. The number of amides is 1. The number of benzene rings is 1. The van der Waals surface area contributed by atoms with E-state index in [0.29, 0.717) is 22.3 Å². The van der Waals surface area contributed by atoms with Gasteiger partial charge in [-0.15, -0.1) is 0 Å². The van der Waals surface area contributed by atoms with Gasteiger partial charge in [-0.05, 0) is 42.0 Å². The van der Waals surface area contributed by atoms with E-state index in [1.807, 2.05) is 0 Å². The fraction of sp³-hybridized carbons (Fsp3) is 0.136. The molecule has 1 aliphatic heterocycles. The SMILES string of the molecule is [2H]C([2H])(O)c1cc2c(-c3cc(F)c(CN4Cc5ncccc5C4=O)c(F)c3)cccn2n1. The first-order valence-electron chi connectivity index (χ1n) is 10.1. The van der Waals surface area contributed by atoms with E-state index in [1.165, 1.54) is 27.6 Å². The fourth-order valence-corrected chi connectivity index (χ4v) is 3.72. The number of fused-ring (bicyclic) bond motifs is 2. The fourth-order valence-electron chi connectivity index (χ4n) is 3.72. The van der Waals surface area contributed by atoms with Gasteiger partial charge in [0.05, 0.1) is 44.9 Å². The summed E-state index contributed by atoms with van der Waals surface area (Å²) in [6, 6.07) is 10.2. The molecule has 30 heavy (non-hydrogen) atoms. The minimum atomic E-state index is -2.65. The van der Waals surface area contributed by atoms with Crippen LogP contribution in [-0.4, -0.2) is 30.5 Å². The molecule has 0 spiro atoms. The topological polar surface area (TPSA) is 70.7 Å². The summed E-state index contributed by atoms with van der Waals surface area (Å²) in [5, 5.41) is 13.6. The zero-order chi connectivity index (χ0) is 22.6. The van der Waals surface area contributed by atoms with E-state index in [2.05, 4.69) is 10.1 Å². The molecule has 0 saturated heterocycles. The molecule has 0 saturated carbocycles. The number of hydrogen-bond acceptors (Lipinski definition) is 4. The summed E-state index contributed by atoms with van der Waals surface area (Å²) < 4.78 is 46.2. The molecular weight excluding hydrogens is 390 g/mol. The van der Waals surface area contributed by atoms with Gasteiger partial charge in [0.1, 0.15) is 11.6 Å². The Morgan fingerprint density at radius 1 is 1.13 bits per heavy atom. The number of carbonyl (C=O) groups is 1. The third-order valence-corrected chi connectivity index (χ3v) is 5.17. The van der Waals surface area contributed by atoms with E-state index in [9.17, 15) is 18.7 Å². The van der Waals surface area contributed by atoms with E-state index in [-0.39, 0.29) is 35.8 Å². The lowest BCUT2D eigenvalue weighted by Crippen LogP contribution is -2.24. The van der Waals surface area contributed by atoms with Crippen LogP contribution in [0.2, 0.25) is 0 Å². The number of rotatable bonds is 4. The second-order valence-electron chi connectivity index (χ2n) is 6.97. The molecule has 4 aromatic rings. The molecule has 0 unspecified atom stereocenters. The molecule has 150 valence electrons. The largest absolute Gasteiger partial charge is 0.390 e. The lowest BCUT2D eigenvalue weighted by molar-refractivity contribution is 0.0763. The second-order valence-corrected chi connectivity index (χ2v) is 6.97. The van der Waals surface area contributed by atoms with Gasteiger partial charge >= 0.3 is 0 Å². The number of aliphatic hydroxyl groups is 1. The highest BCUT2D eigenvalue weighted by atomic mass is 19.1. The van der Waals surface area contributed by atoms with Gasteiger partial charge in [0.25, 0.3) is 5.91 Å². The van der Waals surface area contributed by atoms with Crippen molar-refractivity contribution < 1.29 is 21.4 Å². The van der Waals surface area contributed by atoms with Crippen LogP contribution in [0.3, 0.4) is 0 Å². The van der Waals surface area contributed by atoms with Gasteiger partial charge in [0.2, 0.25) is 0 Å². The third kappa shape index (κ3) is 2.93. The van der Waals surface area contributed by atoms with Crippen LogP contribution in [0.15, 0.2) is 54.9 Å². The van der Waals surface area contributed by atoms with Crippen LogP contribution in [0.5, 0.6) is 0 Å². The van der Waals surface area contributed by atoms with Gasteiger partial charge in [-0.1, -0.05) is 6.07 Å². The Morgan fingerprint density at radius 2 is 1.90 bits per heavy atom. The number of aromatic nitrogens is 3. The van der Waals surface area contributed by atoms with E-state index in [0.717, 1.165) is 0 Å². The van der Waals surface area contributed by atoms with Crippen LogP contribution in [0.25, 0.3) is 16.6 Å². The standard InChI is InChI=1S/C22H16F2N4O2/c23-18-7-13(15-4-2-6-28-21(15)9-14(12-29)26-28)8-19(24)17(18)10-27-11-20-16(22(27)30)3-1-5-25-20/h1-9,29H,10-12H2/i12D2. The van der Waals surface area contributed by atoms with E-state index in [1.54, 1.807) is 36.7 Å². The molecule has 1 N–H and O–H groups in total. The summed E-state index contributed by atoms with van der Waals surface area (Å²) in [4.78, 5) is 18.0. The number of pyridine rings is 2. The first kappa shape index (κ1) is 16.2. The van der Waals surface area contributed by atoms with Crippen molar-refractivity contribution in [1.82, 2.24) is 19.5 Å². The van der Waals surface area contributed by atoms with E-state index < -0.39 is 18.2 Å². The molecule has 0 radical (unpaired) electrons. The Hall–Kier alpha value is -3.65.